The van der Waals surface area contributed by atoms with Crippen molar-refractivity contribution in [1.82, 2.24) is 5.32 Å². The maximum absolute atomic E-state index is 13.3. The predicted octanol–water partition coefficient (Wildman–Crippen LogP) is 3.68. The van der Waals surface area contributed by atoms with Crippen molar-refractivity contribution in [3.8, 4) is 5.75 Å². The Morgan fingerprint density at radius 2 is 2.11 bits per heavy atom. The van der Waals surface area contributed by atoms with Crippen LogP contribution in [0.15, 0.2) is 18.2 Å². The molecule has 2 nitrogen and oxygen atoms in total. The third kappa shape index (κ3) is 4.20. The van der Waals surface area contributed by atoms with Crippen LogP contribution in [-0.4, -0.2) is 19.2 Å². The monoisotopic (exact) mass is 265 g/mol. The first kappa shape index (κ1) is 14.3. The number of halogens is 1. The summed E-state index contributed by atoms with van der Waals surface area (Å²) in [6, 6.07) is 5.65. The first-order chi connectivity index (χ1) is 9.16. The second-order valence-corrected chi connectivity index (χ2v) is 5.58. The molecule has 1 N–H and O–H groups in total. The Labute approximate surface area is 115 Å². The fraction of sp³-hybridized carbons (Fsp3) is 0.625. The second-order valence-electron chi connectivity index (χ2n) is 5.58. The number of benzene rings is 1. The summed E-state index contributed by atoms with van der Waals surface area (Å²) < 4.78 is 18.9. The molecule has 0 amide bonds. The molecule has 1 aromatic rings. The van der Waals surface area contributed by atoms with E-state index in [4.69, 9.17) is 4.74 Å². The van der Waals surface area contributed by atoms with E-state index in [1.165, 1.54) is 31.7 Å². The average Bonchev–Trinajstić information content (AvgIpc) is 2.40. The minimum atomic E-state index is -0.202. The van der Waals surface area contributed by atoms with Crippen molar-refractivity contribution in [2.24, 2.45) is 5.92 Å². The lowest BCUT2D eigenvalue weighted by molar-refractivity contribution is 0.251. The van der Waals surface area contributed by atoms with Crippen molar-refractivity contribution in [1.29, 1.82) is 0 Å². The van der Waals surface area contributed by atoms with Gasteiger partial charge >= 0.3 is 0 Å². The molecule has 0 aliphatic heterocycles. The minimum Gasteiger partial charge on any atom is -0.492 e. The molecular weight excluding hydrogens is 241 g/mol. The van der Waals surface area contributed by atoms with Gasteiger partial charge < -0.3 is 10.1 Å². The van der Waals surface area contributed by atoms with Crippen molar-refractivity contribution in [2.45, 2.75) is 45.6 Å². The highest BCUT2D eigenvalue weighted by Crippen LogP contribution is 2.23. The zero-order valence-electron chi connectivity index (χ0n) is 11.9. The lowest BCUT2D eigenvalue weighted by Crippen LogP contribution is -2.39. The first-order valence-corrected chi connectivity index (χ1v) is 7.29. The summed E-state index contributed by atoms with van der Waals surface area (Å²) in [4.78, 5) is 0. The molecule has 0 heterocycles. The molecule has 0 saturated heterocycles. The Bertz CT molecular complexity index is 408. The zero-order chi connectivity index (χ0) is 13.7. The fourth-order valence-corrected chi connectivity index (χ4v) is 2.70. The number of rotatable bonds is 5. The molecule has 19 heavy (non-hydrogen) atoms. The Morgan fingerprint density at radius 1 is 1.32 bits per heavy atom. The molecule has 1 aliphatic carbocycles. The van der Waals surface area contributed by atoms with Gasteiger partial charge in [0.2, 0.25) is 0 Å². The summed E-state index contributed by atoms with van der Waals surface area (Å²) in [5.41, 5.74) is 0.654. The van der Waals surface area contributed by atoms with Crippen molar-refractivity contribution >= 4 is 0 Å². The summed E-state index contributed by atoms with van der Waals surface area (Å²) in [6.45, 7) is 5.48. The Hall–Kier alpha value is -1.09. The number of hydrogen-bond donors (Lipinski definition) is 1. The molecule has 2 atom stereocenters. The maximum atomic E-state index is 13.3. The number of nitrogens with one attached hydrogen (secondary N) is 1. The molecule has 1 aromatic carbocycles. The molecule has 0 aromatic heterocycles. The summed E-state index contributed by atoms with van der Waals surface area (Å²) in [7, 11) is 0. The molecule has 106 valence electrons. The predicted molar refractivity (Wildman–Crippen MR) is 76.1 cm³/mol. The van der Waals surface area contributed by atoms with Gasteiger partial charge in [-0.15, -0.1) is 0 Å². The summed E-state index contributed by atoms with van der Waals surface area (Å²) in [5, 5.41) is 3.55. The SMILES string of the molecule is Cc1ccc(OCCNC2CCCCC2C)cc1F. The van der Waals surface area contributed by atoms with Gasteiger partial charge in [0.1, 0.15) is 18.2 Å². The highest BCUT2D eigenvalue weighted by molar-refractivity contribution is 5.27. The van der Waals surface area contributed by atoms with E-state index in [1.807, 2.05) is 6.07 Å². The topological polar surface area (TPSA) is 21.3 Å². The molecule has 0 spiro atoms. The maximum Gasteiger partial charge on any atom is 0.129 e. The third-order valence-corrected chi connectivity index (χ3v) is 4.03. The molecule has 1 fully saturated rings. The van der Waals surface area contributed by atoms with Gasteiger partial charge in [0, 0.05) is 18.7 Å². The van der Waals surface area contributed by atoms with Crippen LogP contribution >= 0.6 is 0 Å². The number of ether oxygens (including phenoxy) is 1. The van der Waals surface area contributed by atoms with E-state index in [1.54, 1.807) is 13.0 Å². The Balaban J connectivity index is 1.70. The standard InChI is InChI=1S/C16H24FNO/c1-12-7-8-14(11-15(12)17)19-10-9-18-16-6-4-3-5-13(16)2/h7-8,11,13,16,18H,3-6,9-10H2,1-2H3. The molecular formula is C16H24FNO. The number of aryl methyl sites for hydroxylation is 1. The van der Waals surface area contributed by atoms with Gasteiger partial charge in [0.15, 0.2) is 0 Å². The molecule has 2 unspecified atom stereocenters. The van der Waals surface area contributed by atoms with Gasteiger partial charge in [0.25, 0.3) is 0 Å². The van der Waals surface area contributed by atoms with Gasteiger partial charge in [-0.3, -0.25) is 0 Å². The first-order valence-electron chi connectivity index (χ1n) is 7.29. The van der Waals surface area contributed by atoms with Crippen LogP contribution in [0.1, 0.15) is 38.2 Å². The average molecular weight is 265 g/mol. The van der Waals surface area contributed by atoms with Crippen LogP contribution in [0.2, 0.25) is 0 Å². The van der Waals surface area contributed by atoms with Crippen LogP contribution in [0, 0.1) is 18.7 Å². The molecule has 2 rings (SSSR count). The molecule has 3 heteroatoms. The largest absolute Gasteiger partial charge is 0.492 e. The van der Waals surface area contributed by atoms with Gasteiger partial charge in [-0.05, 0) is 37.3 Å². The lowest BCUT2D eigenvalue weighted by Gasteiger charge is -2.29. The van der Waals surface area contributed by atoms with Crippen molar-refractivity contribution in [3.05, 3.63) is 29.6 Å². The molecule has 0 bridgehead atoms. The Kier molecular flexibility index (Phi) is 5.20. The second kappa shape index (κ2) is 6.90. The summed E-state index contributed by atoms with van der Waals surface area (Å²) in [6.07, 6.45) is 5.27. The lowest BCUT2D eigenvalue weighted by atomic mass is 9.86. The van der Waals surface area contributed by atoms with Crippen LogP contribution in [0.4, 0.5) is 4.39 Å². The van der Waals surface area contributed by atoms with Crippen molar-refractivity contribution in [2.75, 3.05) is 13.2 Å². The smallest absolute Gasteiger partial charge is 0.129 e. The zero-order valence-corrected chi connectivity index (χ0v) is 11.9. The summed E-state index contributed by atoms with van der Waals surface area (Å²) in [5.74, 6) is 1.17. The number of hydrogen-bond acceptors (Lipinski definition) is 2. The highest BCUT2D eigenvalue weighted by atomic mass is 19.1. The molecule has 0 radical (unpaired) electrons. The van der Waals surface area contributed by atoms with E-state index in [-0.39, 0.29) is 5.82 Å². The molecule has 1 saturated carbocycles. The van der Waals surface area contributed by atoms with E-state index >= 15 is 0 Å². The van der Waals surface area contributed by atoms with Gasteiger partial charge in [-0.2, -0.15) is 0 Å². The van der Waals surface area contributed by atoms with Crippen LogP contribution in [0.5, 0.6) is 5.75 Å². The van der Waals surface area contributed by atoms with Gasteiger partial charge in [-0.25, -0.2) is 4.39 Å². The van der Waals surface area contributed by atoms with E-state index in [9.17, 15) is 4.39 Å². The fourth-order valence-electron chi connectivity index (χ4n) is 2.70. The van der Waals surface area contributed by atoms with Crippen LogP contribution in [0.3, 0.4) is 0 Å². The van der Waals surface area contributed by atoms with Gasteiger partial charge in [-0.1, -0.05) is 25.8 Å². The quantitative estimate of drug-likeness (QED) is 0.820. The van der Waals surface area contributed by atoms with Crippen LogP contribution in [-0.2, 0) is 0 Å². The van der Waals surface area contributed by atoms with E-state index < -0.39 is 0 Å². The van der Waals surface area contributed by atoms with Crippen molar-refractivity contribution in [3.63, 3.8) is 0 Å². The highest BCUT2D eigenvalue weighted by Gasteiger charge is 2.20. The molecule has 1 aliphatic rings. The van der Waals surface area contributed by atoms with E-state index in [2.05, 4.69) is 12.2 Å². The van der Waals surface area contributed by atoms with Gasteiger partial charge in [0.05, 0.1) is 0 Å². The minimum absolute atomic E-state index is 0.202. The third-order valence-electron chi connectivity index (χ3n) is 4.03. The van der Waals surface area contributed by atoms with Crippen LogP contribution in [0.25, 0.3) is 0 Å². The van der Waals surface area contributed by atoms with Crippen molar-refractivity contribution < 1.29 is 9.13 Å². The Morgan fingerprint density at radius 3 is 2.84 bits per heavy atom. The van der Waals surface area contributed by atoms with E-state index in [0.29, 0.717) is 24.0 Å². The van der Waals surface area contributed by atoms with Crippen LogP contribution < -0.4 is 10.1 Å². The van der Waals surface area contributed by atoms with E-state index in [0.717, 1.165) is 12.5 Å². The normalized spacial score (nSPS) is 23.3. The summed E-state index contributed by atoms with van der Waals surface area (Å²) >= 11 is 0.